The first-order chi connectivity index (χ1) is 15.7. The molecule has 0 bridgehead atoms. The molecule has 0 aliphatic carbocycles. The Hall–Kier alpha value is -2.11. The Morgan fingerprint density at radius 1 is 1.03 bits per heavy atom. The SMILES string of the molecule is COc1ccc(OC)c2sc(N(CCN(C)C)C(=O)CCS(=O)(=O)c3ccc(Cl)cc3)nc12.Cl. The highest BCUT2D eigenvalue weighted by atomic mass is 35.5. The number of fused-ring (bicyclic) bond motifs is 1. The standard InChI is InChI=1S/C22H26ClN3O5S2.ClH/c1-25(2)12-13-26(19(27)11-14-33(28,29)16-7-5-15(23)6-8-16)22-24-20-17(30-3)9-10-18(31-4)21(20)32-22;/h5-10H,11-14H2,1-4H3;1H. The summed E-state index contributed by atoms with van der Waals surface area (Å²) >= 11 is 7.16. The van der Waals surface area contributed by atoms with E-state index in [1.54, 1.807) is 26.4 Å². The third kappa shape index (κ3) is 6.51. The van der Waals surface area contributed by atoms with Gasteiger partial charge in [0.2, 0.25) is 5.91 Å². The van der Waals surface area contributed by atoms with E-state index in [2.05, 4.69) is 4.98 Å². The van der Waals surface area contributed by atoms with Gasteiger partial charge in [0.05, 0.1) is 24.9 Å². The summed E-state index contributed by atoms with van der Waals surface area (Å²) in [6.45, 7) is 0.942. The maximum atomic E-state index is 13.2. The summed E-state index contributed by atoms with van der Waals surface area (Å²) in [7, 11) is 3.28. The number of carbonyl (C=O) groups excluding carboxylic acids is 1. The van der Waals surface area contributed by atoms with Gasteiger partial charge in [-0.1, -0.05) is 22.9 Å². The molecule has 0 aliphatic heterocycles. The molecule has 2 aromatic carbocycles. The number of rotatable bonds is 10. The summed E-state index contributed by atoms with van der Waals surface area (Å²) in [5.41, 5.74) is 0.591. The van der Waals surface area contributed by atoms with Gasteiger partial charge in [-0.3, -0.25) is 9.69 Å². The van der Waals surface area contributed by atoms with Crippen LogP contribution in [-0.2, 0) is 14.6 Å². The van der Waals surface area contributed by atoms with E-state index in [4.69, 9.17) is 21.1 Å². The summed E-state index contributed by atoms with van der Waals surface area (Å²) in [6, 6.07) is 9.46. The van der Waals surface area contributed by atoms with E-state index in [1.807, 2.05) is 19.0 Å². The normalized spacial score (nSPS) is 11.4. The molecule has 0 N–H and O–H groups in total. The van der Waals surface area contributed by atoms with Gasteiger partial charge in [-0.2, -0.15) is 0 Å². The summed E-state index contributed by atoms with van der Waals surface area (Å²) in [4.78, 5) is 21.4. The molecule has 0 saturated carbocycles. The van der Waals surface area contributed by atoms with Crippen LogP contribution in [0.5, 0.6) is 11.5 Å². The van der Waals surface area contributed by atoms with E-state index in [1.165, 1.54) is 40.5 Å². The number of nitrogens with zero attached hydrogens (tertiary/aromatic N) is 3. The molecular formula is C22H27Cl2N3O5S2. The second-order valence-corrected chi connectivity index (χ2v) is 11.0. The van der Waals surface area contributed by atoms with Gasteiger partial charge in [0.1, 0.15) is 21.7 Å². The van der Waals surface area contributed by atoms with Gasteiger partial charge in [-0.05, 0) is 50.5 Å². The van der Waals surface area contributed by atoms with Crippen molar-refractivity contribution >= 4 is 66.4 Å². The monoisotopic (exact) mass is 547 g/mol. The highest BCUT2D eigenvalue weighted by Crippen LogP contribution is 2.40. The number of aromatic nitrogens is 1. The summed E-state index contributed by atoms with van der Waals surface area (Å²) in [5.74, 6) is 0.550. The van der Waals surface area contributed by atoms with Crippen LogP contribution in [0.1, 0.15) is 6.42 Å². The van der Waals surface area contributed by atoms with Crippen LogP contribution in [0.2, 0.25) is 5.02 Å². The Morgan fingerprint density at radius 3 is 2.24 bits per heavy atom. The smallest absolute Gasteiger partial charge is 0.229 e. The molecule has 3 rings (SSSR count). The molecule has 0 spiro atoms. The molecule has 0 fully saturated rings. The highest BCUT2D eigenvalue weighted by molar-refractivity contribution is 7.91. The Morgan fingerprint density at radius 2 is 1.65 bits per heavy atom. The lowest BCUT2D eigenvalue weighted by Crippen LogP contribution is -2.37. The lowest BCUT2D eigenvalue weighted by molar-refractivity contribution is -0.118. The minimum Gasteiger partial charge on any atom is -0.495 e. The van der Waals surface area contributed by atoms with Gasteiger partial charge in [0.15, 0.2) is 15.0 Å². The average Bonchev–Trinajstić information content (AvgIpc) is 3.22. The van der Waals surface area contributed by atoms with Gasteiger partial charge in [-0.15, -0.1) is 12.4 Å². The number of halogens is 2. The van der Waals surface area contributed by atoms with Crippen LogP contribution in [0.4, 0.5) is 5.13 Å². The number of ether oxygens (including phenoxy) is 2. The number of hydrogen-bond acceptors (Lipinski definition) is 8. The maximum absolute atomic E-state index is 13.2. The number of anilines is 1. The predicted molar refractivity (Wildman–Crippen MR) is 139 cm³/mol. The van der Waals surface area contributed by atoms with Crippen LogP contribution in [0, 0.1) is 0 Å². The topological polar surface area (TPSA) is 89.0 Å². The number of methoxy groups -OCH3 is 2. The fourth-order valence-corrected chi connectivity index (χ4v) is 5.61. The lowest BCUT2D eigenvalue weighted by atomic mass is 10.3. The molecule has 0 atom stereocenters. The summed E-state index contributed by atoms with van der Waals surface area (Å²) in [6.07, 6.45) is -0.178. The second kappa shape index (κ2) is 12.0. The number of carbonyl (C=O) groups is 1. The molecule has 0 aliphatic rings. The van der Waals surface area contributed by atoms with Crippen molar-refractivity contribution < 1.29 is 22.7 Å². The second-order valence-electron chi connectivity index (χ2n) is 7.52. The molecule has 0 saturated heterocycles. The first-order valence-electron chi connectivity index (χ1n) is 10.1. The zero-order valence-electron chi connectivity index (χ0n) is 19.3. The van der Waals surface area contributed by atoms with Gasteiger partial charge >= 0.3 is 0 Å². The van der Waals surface area contributed by atoms with Crippen LogP contribution < -0.4 is 14.4 Å². The molecule has 8 nitrogen and oxygen atoms in total. The van der Waals surface area contributed by atoms with E-state index < -0.39 is 9.84 Å². The fraction of sp³-hybridized carbons (Fsp3) is 0.364. The minimum absolute atomic E-state index is 0. The number of benzene rings is 2. The van der Waals surface area contributed by atoms with Crippen molar-refractivity contribution in [2.24, 2.45) is 0 Å². The van der Waals surface area contributed by atoms with E-state index in [0.717, 1.165) is 4.70 Å². The van der Waals surface area contributed by atoms with Crippen molar-refractivity contribution in [2.45, 2.75) is 11.3 Å². The van der Waals surface area contributed by atoms with Crippen LogP contribution >= 0.6 is 35.3 Å². The molecule has 1 aromatic heterocycles. The lowest BCUT2D eigenvalue weighted by Gasteiger charge is -2.22. The molecule has 1 heterocycles. The van der Waals surface area contributed by atoms with Crippen molar-refractivity contribution in [1.29, 1.82) is 0 Å². The van der Waals surface area contributed by atoms with Crippen molar-refractivity contribution in [2.75, 3.05) is 52.1 Å². The quantitative estimate of drug-likeness (QED) is 0.376. The van der Waals surface area contributed by atoms with E-state index in [-0.39, 0.29) is 35.4 Å². The zero-order chi connectivity index (χ0) is 24.2. The Bertz CT molecular complexity index is 1190. The Labute approximate surface area is 214 Å². The number of hydrogen-bond donors (Lipinski definition) is 0. The Kier molecular flexibility index (Phi) is 9.96. The fourth-order valence-electron chi connectivity index (χ4n) is 3.13. The van der Waals surface area contributed by atoms with Crippen LogP contribution in [0.15, 0.2) is 41.3 Å². The third-order valence-electron chi connectivity index (χ3n) is 4.96. The molecule has 0 unspecified atom stereocenters. The molecular weight excluding hydrogens is 521 g/mol. The largest absolute Gasteiger partial charge is 0.495 e. The predicted octanol–water partition coefficient (Wildman–Crippen LogP) is 4.15. The average molecular weight is 549 g/mol. The first-order valence-corrected chi connectivity index (χ1v) is 13.0. The molecule has 0 radical (unpaired) electrons. The van der Waals surface area contributed by atoms with Crippen LogP contribution in [-0.4, -0.2) is 71.4 Å². The molecule has 3 aromatic rings. The Balaban J connectivity index is 0.00000408. The van der Waals surface area contributed by atoms with Gasteiger partial charge in [0, 0.05) is 24.5 Å². The third-order valence-corrected chi connectivity index (χ3v) is 8.04. The number of sulfone groups is 1. The first kappa shape index (κ1) is 28.1. The number of thiazole rings is 1. The molecule has 34 heavy (non-hydrogen) atoms. The molecule has 1 amide bonds. The zero-order valence-corrected chi connectivity index (χ0v) is 22.5. The van der Waals surface area contributed by atoms with E-state index in [0.29, 0.717) is 40.3 Å². The van der Waals surface area contributed by atoms with Crippen molar-refractivity contribution in [1.82, 2.24) is 9.88 Å². The van der Waals surface area contributed by atoms with Gasteiger partial charge in [-0.25, -0.2) is 13.4 Å². The van der Waals surface area contributed by atoms with E-state index in [9.17, 15) is 13.2 Å². The van der Waals surface area contributed by atoms with E-state index >= 15 is 0 Å². The number of likely N-dealkylation sites (N-methyl/N-ethyl adjacent to an activating group) is 1. The maximum Gasteiger partial charge on any atom is 0.229 e. The van der Waals surface area contributed by atoms with Gasteiger partial charge in [0.25, 0.3) is 0 Å². The molecule has 186 valence electrons. The highest BCUT2D eigenvalue weighted by Gasteiger charge is 2.25. The van der Waals surface area contributed by atoms with Crippen LogP contribution in [0.25, 0.3) is 10.2 Å². The summed E-state index contributed by atoms with van der Waals surface area (Å²) in [5, 5.41) is 0.908. The van der Waals surface area contributed by atoms with Crippen molar-refractivity contribution in [3.05, 3.63) is 41.4 Å². The number of amides is 1. The minimum atomic E-state index is -3.64. The van der Waals surface area contributed by atoms with Crippen LogP contribution in [0.3, 0.4) is 0 Å². The summed E-state index contributed by atoms with van der Waals surface area (Å²) < 4.78 is 37.0. The molecule has 12 heteroatoms. The van der Waals surface area contributed by atoms with Crippen molar-refractivity contribution in [3.63, 3.8) is 0 Å². The van der Waals surface area contributed by atoms with Gasteiger partial charge < -0.3 is 14.4 Å². The van der Waals surface area contributed by atoms with Crippen molar-refractivity contribution in [3.8, 4) is 11.5 Å².